The monoisotopic (exact) mass is 975 g/mol. The molecule has 25 nitrogen and oxygen atoms in total. The van der Waals surface area contributed by atoms with E-state index in [1.54, 1.807) is 0 Å². The Kier molecular flexibility index (Phi) is 16.4. The molecule has 1 unspecified atom stereocenters. The zero-order chi connectivity index (χ0) is 50.3. The van der Waals surface area contributed by atoms with Gasteiger partial charge in [-0.1, -0.05) is 12.1 Å². The van der Waals surface area contributed by atoms with Crippen LogP contribution in [0.15, 0.2) is 60.4 Å². The number of rotatable bonds is 18. The Morgan fingerprint density at radius 2 is 1.26 bits per heavy atom. The van der Waals surface area contributed by atoms with Gasteiger partial charge in [0.25, 0.3) is 11.9 Å². The van der Waals surface area contributed by atoms with Gasteiger partial charge in [0.05, 0.1) is 25.8 Å². The molecule has 0 saturated carbocycles. The molecule has 11 atom stereocenters. The number of carboxylic acid groups (broad SMARTS) is 2. The number of aromatic hydroxyl groups is 4. The predicted molar refractivity (Wildman–Crippen MR) is 224 cm³/mol. The Labute approximate surface area is 389 Å². The van der Waals surface area contributed by atoms with Gasteiger partial charge in [-0.05, 0) is 35.9 Å². The van der Waals surface area contributed by atoms with Gasteiger partial charge in [0, 0.05) is 18.2 Å². The van der Waals surface area contributed by atoms with Gasteiger partial charge in [0.2, 0.25) is 18.3 Å². The first kappa shape index (κ1) is 51.0. The van der Waals surface area contributed by atoms with Crippen LogP contribution in [0, 0.1) is 0 Å². The van der Waals surface area contributed by atoms with Crippen molar-refractivity contribution in [3.8, 4) is 40.2 Å². The summed E-state index contributed by atoms with van der Waals surface area (Å²) in [6.07, 6.45) is -19.0. The molecule has 0 radical (unpaired) electrons. The van der Waals surface area contributed by atoms with Gasteiger partial charge in [0.15, 0.2) is 23.4 Å². The number of hydrogen-bond acceptors (Lipinski definition) is 22. The molecule has 0 spiro atoms. The van der Waals surface area contributed by atoms with E-state index in [-0.39, 0.29) is 45.6 Å². The Bertz CT molecular complexity index is 2410. The van der Waals surface area contributed by atoms with Crippen LogP contribution in [-0.4, -0.2) is 174 Å². The molecule has 2 saturated heterocycles. The maximum atomic E-state index is 12.6. The highest BCUT2D eigenvalue weighted by molar-refractivity contribution is 5.90. The number of aliphatic carboxylic acids is 2. The second-order valence-electron chi connectivity index (χ2n) is 15.3. The van der Waals surface area contributed by atoms with Gasteiger partial charge in [-0.25, -0.2) is 4.79 Å². The van der Waals surface area contributed by atoms with Crippen molar-refractivity contribution in [2.45, 2.75) is 80.4 Å². The van der Waals surface area contributed by atoms with Crippen LogP contribution in [0.1, 0.15) is 35.6 Å². The van der Waals surface area contributed by atoms with Gasteiger partial charge in [-0.3, -0.25) is 19.2 Å². The number of benzene rings is 3. The number of esters is 3. The van der Waals surface area contributed by atoms with E-state index in [4.69, 9.17) is 57.6 Å². The fourth-order valence-electron chi connectivity index (χ4n) is 7.10. The number of hydrogen-bond donors (Lipinski definition) is 10. The van der Waals surface area contributed by atoms with Crippen LogP contribution in [0.2, 0.25) is 0 Å². The normalized spacial score (nSPS) is 26.3. The zero-order valence-corrected chi connectivity index (χ0v) is 36.2. The van der Waals surface area contributed by atoms with E-state index < -0.39 is 135 Å². The largest absolute Gasteiger partial charge is 0.571 e. The van der Waals surface area contributed by atoms with Crippen molar-refractivity contribution in [1.29, 1.82) is 0 Å². The van der Waals surface area contributed by atoms with Gasteiger partial charge in [-0.2, -0.15) is 0 Å². The second kappa shape index (κ2) is 22.1. The van der Waals surface area contributed by atoms with Crippen molar-refractivity contribution in [2.75, 3.05) is 27.4 Å². The first-order valence-electron chi connectivity index (χ1n) is 20.5. The summed E-state index contributed by atoms with van der Waals surface area (Å²) >= 11 is 0. The predicted octanol–water partition coefficient (Wildman–Crippen LogP) is -0.532. The lowest BCUT2D eigenvalue weighted by molar-refractivity contribution is -0.296. The quantitative estimate of drug-likeness (QED) is 0.0252. The highest BCUT2D eigenvalue weighted by atomic mass is 16.7. The van der Waals surface area contributed by atoms with E-state index in [2.05, 4.69) is 0 Å². The Morgan fingerprint density at radius 1 is 0.667 bits per heavy atom. The Morgan fingerprint density at radius 3 is 1.90 bits per heavy atom. The van der Waals surface area contributed by atoms with Gasteiger partial charge in [-0.15, -0.1) is 0 Å². The molecule has 25 heteroatoms. The van der Waals surface area contributed by atoms with Crippen molar-refractivity contribution in [1.82, 2.24) is 0 Å². The average molecular weight is 976 g/mol. The topological polar surface area (TPSA) is 384 Å². The summed E-state index contributed by atoms with van der Waals surface area (Å²) < 4.78 is 54.4. The molecule has 0 aromatic heterocycles. The zero-order valence-electron chi connectivity index (χ0n) is 36.2. The molecule has 0 amide bonds. The summed E-state index contributed by atoms with van der Waals surface area (Å²) in [7, 11) is 2.50. The molecule has 3 aromatic carbocycles. The van der Waals surface area contributed by atoms with Crippen LogP contribution < -0.4 is 14.2 Å². The number of fused-ring (bicyclic) bond motifs is 1. The standard InChI is InChI=1S/C44H46O25/c1-60-25-9-19(10-26(61-2)35(25)54)41-27(66-43-39(58)37(56)36(55)28(67-43)16-62-32(51)8-5-18-3-6-20(45)7-4-18)13-22-23(64-41)11-21(46)12-24(22)65-44-40(59)38(57)42(69-34(53)15-31(49)50)29(68-44)17-63-33(52)14-30(47)48/h3-13,28-29,36-46,54-59H,14-17H2,1-2H3,(H,47,48)(H,49,50)/p+1/b8-5+/t28-,29-,36+,37+,38-,39-,40-,41?,42+,43-,44-/m1/s1. The molecular formula is C44H47O25+. The van der Waals surface area contributed by atoms with E-state index in [0.717, 1.165) is 12.1 Å². The third-order valence-corrected chi connectivity index (χ3v) is 10.5. The van der Waals surface area contributed by atoms with Crippen LogP contribution in [0.4, 0.5) is 0 Å². The smallest absolute Gasteiger partial charge is 0.330 e. The van der Waals surface area contributed by atoms with Gasteiger partial charge in [0.1, 0.15) is 91.6 Å². The molecule has 0 bridgehead atoms. The number of phenols is 3. The van der Waals surface area contributed by atoms with Crippen LogP contribution in [0.5, 0.6) is 40.2 Å². The van der Waals surface area contributed by atoms with Crippen molar-refractivity contribution < 1.29 is 122 Å². The molecule has 372 valence electrons. The molecule has 3 aliphatic heterocycles. The van der Waals surface area contributed by atoms with E-state index >= 15 is 0 Å². The third kappa shape index (κ3) is 12.4. The van der Waals surface area contributed by atoms with E-state index in [1.807, 2.05) is 0 Å². The summed E-state index contributed by atoms with van der Waals surface area (Å²) in [6.45, 7) is -1.59. The van der Waals surface area contributed by atoms with Crippen molar-refractivity contribution >= 4 is 42.0 Å². The maximum Gasteiger partial charge on any atom is 0.330 e. The third-order valence-electron chi connectivity index (χ3n) is 10.5. The molecule has 3 heterocycles. The summed E-state index contributed by atoms with van der Waals surface area (Å²) in [6, 6.07) is 10.7. The van der Waals surface area contributed by atoms with E-state index in [0.29, 0.717) is 5.56 Å². The molecule has 69 heavy (non-hydrogen) atoms. The highest BCUT2D eigenvalue weighted by Gasteiger charge is 2.50. The van der Waals surface area contributed by atoms with Crippen LogP contribution in [-0.2, 0) is 52.4 Å². The molecule has 6 rings (SSSR count). The molecule has 3 aromatic rings. The van der Waals surface area contributed by atoms with E-state index in [9.17, 15) is 64.8 Å². The lowest BCUT2D eigenvalue weighted by Crippen LogP contribution is -2.61. The minimum atomic E-state index is -2.14. The van der Waals surface area contributed by atoms with Gasteiger partial charge < -0.3 is 98.4 Å². The maximum absolute atomic E-state index is 12.6. The number of phenolic OH excluding ortho intramolecular Hbond substituents is 3. The number of aliphatic hydroxyl groups is 6. The Balaban J connectivity index is 1.33. The fraction of sp³-hybridized carbons (Fsp3) is 0.386. The van der Waals surface area contributed by atoms with Crippen LogP contribution >= 0.6 is 0 Å². The lowest BCUT2D eigenvalue weighted by atomic mass is 9.98. The highest BCUT2D eigenvalue weighted by Crippen LogP contribution is 2.49. The van der Waals surface area contributed by atoms with E-state index in [1.165, 1.54) is 68.8 Å². The number of methoxy groups -OCH3 is 2. The summed E-state index contributed by atoms with van der Waals surface area (Å²) in [5.74, 6) is -8.56. The number of carbonyl (C=O) groups is 5. The van der Waals surface area contributed by atoms with Crippen LogP contribution in [0.25, 0.3) is 12.2 Å². The summed E-state index contributed by atoms with van der Waals surface area (Å²) in [4.78, 5) is 59.3. The summed E-state index contributed by atoms with van der Waals surface area (Å²) in [5.41, 5.74) is 0.644. The number of carboxylic acids is 2. The minimum absolute atomic E-state index is 0.00116. The molecule has 11 N–H and O–H groups in total. The first-order valence-corrected chi connectivity index (χ1v) is 20.5. The number of carbonyl (C=O) groups excluding carboxylic acids is 3. The van der Waals surface area contributed by atoms with Crippen LogP contribution in [0.3, 0.4) is 0 Å². The molecule has 3 aliphatic rings. The average Bonchev–Trinajstić information content (AvgIpc) is 3.30. The Hall–Kier alpha value is -7.39. The summed E-state index contributed by atoms with van der Waals surface area (Å²) in [5, 5.41) is 104. The van der Waals surface area contributed by atoms with Crippen molar-refractivity contribution in [3.05, 3.63) is 77.1 Å². The van der Waals surface area contributed by atoms with Crippen molar-refractivity contribution in [3.63, 3.8) is 0 Å². The molecular weight excluding hydrogens is 928 g/mol. The first-order chi connectivity index (χ1) is 32.8. The molecule has 2 fully saturated rings. The van der Waals surface area contributed by atoms with Crippen molar-refractivity contribution in [2.24, 2.45) is 0 Å². The lowest BCUT2D eigenvalue weighted by Gasteiger charge is -2.42. The van der Waals surface area contributed by atoms with Gasteiger partial charge >= 0.3 is 29.8 Å². The number of aliphatic hydroxyl groups excluding tert-OH is 5. The minimum Gasteiger partial charge on any atom is -0.571 e. The fourth-order valence-corrected chi connectivity index (χ4v) is 7.10. The second-order valence-corrected chi connectivity index (χ2v) is 15.3. The molecule has 0 aliphatic carbocycles. The number of ether oxygens (including phenoxy) is 10. The SMILES string of the molecule is COc1cc(C2[OH+]c3cc(O)cc(O[C@@H]4O[C@H](COC(=O)CC(=O)O)[C@H](OC(=O)CC(=O)O)[C@H](O)[C@H]4O)c3C=C2O[C@@H]2O[C@H](COC(=O)/C=C/c3ccc(O)cc3)[C@H](O)[C@H](O)[C@H]2O)cc(OC)c1O.